The third-order valence-electron chi connectivity index (χ3n) is 2.66. The Hall–Kier alpha value is -1.33. The molecule has 0 aliphatic carbocycles. The van der Waals surface area contributed by atoms with Crippen LogP contribution in [0.15, 0.2) is 0 Å². The topological polar surface area (TPSA) is 69.6 Å². The fourth-order valence-electron chi connectivity index (χ4n) is 1.80. The Morgan fingerprint density at radius 2 is 2.25 bits per heavy atom. The van der Waals surface area contributed by atoms with Crippen LogP contribution in [0.5, 0.6) is 0 Å². The summed E-state index contributed by atoms with van der Waals surface area (Å²) in [5.41, 5.74) is 0. The molecule has 1 aliphatic rings. The Bertz CT molecular complexity index is 260. The van der Waals surface area contributed by atoms with Crippen molar-refractivity contribution in [2.45, 2.75) is 31.7 Å². The second-order valence-corrected chi connectivity index (χ2v) is 3.87. The van der Waals surface area contributed by atoms with Crippen LogP contribution >= 0.6 is 0 Å². The van der Waals surface area contributed by atoms with Gasteiger partial charge in [-0.05, 0) is 19.3 Å². The number of hydrogen-bond acceptors (Lipinski definition) is 2. The van der Waals surface area contributed by atoms with Crippen LogP contribution in [-0.2, 0) is 4.79 Å². The average molecular weight is 232 g/mol. The van der Waals surface area contributed by atoms with E-state index in [1.54, 1.807) is 0 Å². The number of nitrogens with one attached hydrogen (secondary N) is 1. The summed E-state index contributed by atoms with van der Waals surface area (Å²) in [7, 11) is 0. The standard InChI is InChI=1S/C10H17FN2O3/c11-7-8-3-2-6-13(8)10(16)12-5-1-4-9(14)15/h8H,1-7H2,(H,12,16)(H,14,15). The van der Waals surface area contributed by atoms with Crippen LogP contribution < -0.4 is 5.32 Å². The highest BCUT2D eigenvalue weighted by atomic mass is 19.1. The fourth-order valence-corrected chi connectivity index (χ4v) is 1.80. The first-order valence-corrected chi connectivity index (χ1v) is 5.47. The van der Waals surface area contributed by atoms with Gasteiger partial charge in [-0.15, -0.1) is 0 Å². The third-order valence-corrected chi connectivity index (χ3v) is 2.66. The maximum atomic E-state index is 12.5. The molecule has 0 bridgehead atoms. The molecule has 16 heavy (non-hydrogen) atoms. The van der Waals surface area contributed by atoms with E-state index in [-0.39, 0.29) is 18.5 Å². The van der Waals surface area contributed by atoms with Crippen LogP contribution in [0.3, 0.4) is 0 Å². The van der Waals surface area contributed by atoms with E-state index >= 15 is 0 Å². The summed E-state index contributed by atoms with van der Waals surface area (Å²) in [6.45, 7) is 0.391. The van der Waals surface area contributed by atoms with E-state index in [0.717, 1.165) is 6.42 Å². The second-order valence-electron chi connectivity index (χ2n) is 3.87. The van der Waals surface area contributed by atoms with Gasteiger partial charge in [0.1, 0.15) is 6.67 Å². The number of halogens is 1. The minimum Gasteiger partial charge on any atom is -0.481 e. The molecule has 0 aromatic heterocycles. The van der Waals surface area contributed by atoms with Crippen LogP contribution in [0, 0.1) is 0 Å². The van der Waals surface area contributed by atoms with Crippen molar-refractivity contribution in [2.24, 2.45) is 0 Å². The van der Waals surface area contributed by atoms with Gasteiger partial charge >= 0.3 is 12.0 Å². The molecule has 2 amide bonds. The molecule has 1 heterocycles. The highest BCUT2D eigenvalue weighted by Crippen LogP contribution is 2.17. The van der Waals surface area contributed by atoms with Crippen LogP contribution in [0.2, 0.25) is 0 Å². The molecule has 92 valence electrons. The molecule has 0 aromatic carbocycles. The lowest BCUT2D eigenvalue weighted by Crippen LogP contribution is -2.43. The van der Waals surface area contributed by atoms with E-state index in [0.29, 0.717) is 25.9 Å². The number of urea groups is 1. The molecule has 0 spiro atoms. The number of hydrogen-bond donors (Lipinski definition) is 2. The number of likely N-dealkylation sites (tertiary alicyclic amines) is 1. The second kappa shape index (κ2) is 6.30. The molecular formula is C10H17FN2O3. The van der Waals surface area contributed by atoms with E-state index in [2.05, 4.69) is 5.32 Å². The van der Waals surface area contributed by atoms with E-state index in [1.165, 1.54) is 4.90 Å². The number of carbonyl (C=O) groups is 2. The molecule has 1 atom stereocenters. The first-order chi connectivity index (χ1) is 7.65. The minimum atomic E-state index is -0.878. The van der Waals surface area contributed by atoms with Crippen molar-refractivity contribution < 1.29 is 19.1 Å². The number of nitrogens with zero attached hydrogens (tertiary/aromatic N) is 1. The zero-order valence-electron chi connectivity index (χ0n) is 9.12. The van der Waals surface area contributed by atoms with Crippen molar-refractivity contribution in [1.29, 1.82) is 0 Å². The molecule has 6 heteroatoms. The molecule has 1 fully saturated rings. The Labute approximate surface area is 93.6 Å². The molecule has 0 radical (unpaired) electrons. The minimum absolute atomic E-state index is 0.0345. The zero-order valence-corrected chi connectivity index (χ0v) is 9.12. The molecular weight excluding hydrogens is 215 g/mol. The van der Waals surface area contributed by atoms with Crippen molar-refractivity contribution >= 4 is 12.0 Å². The number of carbonyl (C=O) groups excluding carboxylic acids is 1. The molecule has 1 saturated heterocycles. The predicted molar refractivity (Wildman–Crippen MR) is 56.0 cm³/mol. The number of aliphatic carboxylic acids is 1. The monoisotopic (exact) mass is 232 g/mol. The van der Waals surface area contributed by atoms with E-state index < -0.39 is 12.6 Å². The molecule has 1 rings (SSSR count). The van der Waals surface area contributed by atoms with Crippen LogP contribution in [0.25, 0.3) is 0 Å². The highest BCUT2D eigenvalue weighted by molar-refractivity contribution is 5.75. The van der Waals surface area contributed by atoms with Gasteiger partial charge in [0, 0.05) is 19.5 Å². The molecule has 2 N–H and O–H groups in total. The summed E-state index contributed by atoms with van der Waals surface area (Å²) < 4.78 is 12.5. The molecule has 0 aromatic rings. The van der Waals surface area contributed by atoms with Crippen LogP contribution in [0.1, 0.15) is 25.7 Å². The first kappa shape index (κ1) is 12.7. The lowest BCUT2D eigenvalue weighted by molar-refractivity contribution is -0.137. The molecule has 5 nitrogen and oxygen atoms in total. The molecule has 1 aliphatic heterocycles. The van der Waals surface area contributed by atoms with Crippen molar-refractivity contribution in [1.82, 2.24) is 10.2 Å². The van der Waals surface area contributed by atoms with Gasteiger partial charge in [0.05, 0.1) is 6.04 Å². The van der Waals surface area contributed by atoms with E-state index in [1.807, 2.05) is 0 Å². The average Bonchev–Trinajstić information content (AvgIpc) is 2.71. The number of carboxylic acid groups (broad SMARTS) is 1. The maximum Gasteiger partial charge on any atom is 0.317 e. The maximum absolute atomic E-state index is 12.5. The number of rotatable bonds is 5. The number of alkyl halides is 1. The van der Waals surface area contributed by atoms with Crippen LogP contribution in [-0.4, -0.2) is 47.8 Å². The lowest BCUT2D eigenvalue weighted by Gasteiger charge is -2.22. The third kappa shape index (κ3) is 3.67. The van der Waals surface area contributed by atoms with E-state index in [4.69, 9.17) is 5.11 Å². The van der Waals surface area contributed by atoms with Gasteiger partial charge in [-0.25, -0.2) is 9.18 Å². The lowest BCUT2D eigenvalue weighted by atomic mass is 10.2. The SMILES string of the molecule is O=C(O)CCCNC(=O)N1CCCC1CF. The van der Waals surface area contributed by atoms with Crippen molar-refractivity contribution in [3.63, 3.8) is 0 Å². The first-order valence-electron chi connectivity index (χ1n) is 5.47. The normalized spacial score (nSPS) is 19.8. The smallest absolute Gasteiger partial charge is 0.317 e. The summed E-state index contributed by atoms with van der Waals surface area (Å²) >= 11 is 0. The number of carboxylic acids is 1. The summed E-state index contributed by atoms with van der Waals surface area (Å²) in [6, 6.07) is -0.593. The van der Waals surface area contributed by atoms with E-state index in [9.17, 15) is 14.0 Å². The summed E-state index contributed by atoms with van der Waals surface area (Å²) in [6.07, 6.45) is 1.97. The van der Waals surface area contributed by atoms with Gasteiger partial charge < -0.3 is 15.3 Å². The van der Waals surface area contributed by atoms with Gasteiger partial charge in [-0.2, -0.15) is 0 Å². The van der Waals surface area contributed by atoms with Crippen molar-refractivity contribution in [3.8, 4) is 0 Å². The van der Waals surface area contributed by atoms with Gasteiger partial charge in [0.2, 0.25) is 0 Å². The summed E-state index contributed by atoms with van der Waals surface area (Å²) in [5, 5.41) is 11.0. The van der Waals surface area contributed by atoms with Gasteiger partial charge in [0.15, 0.2) is 0 Å². The zero-order chi connectivity index (χ0) is 12.0. The Kier molecular flexibility index (Phi) is 5.01. The Balaban J connectivity index is 2.21. The Morgan fingerprint density at radius 1 is 1.50 bits per heavy atom. The van der Waals surface area contributed by atoms with Crippen molar-refractivity contribution in [3.05, 3.63) is 0 Å². The van der Waals surface area contributed by atoms with Gasteiger partial charge in [0.25, 0.3) is 0 Å². The molecule has 0 saturated carbocycles. The van der Waals surface area contributed by atoms with Gasteiger partial charge in [-0.3, -0.25) is 4.79 Å². The highest BCUT2D eigenvalue weighted by Gasteiger charge is 2.28. The fraction of sp³-hybridized carbons (Fsp3) is 0.800. The molecule has 1 unspecified atom stereocenters. The summed E-state index contributed by atoms with van der Waals surface area (Å²) in [5.74, 6) is -0.878. The van der Waals surface area contributed by atoms with Crippen molar-refractivity contribution in [2.75, 3.05) is 19.8 Å². The van der Waals surface area contributed by atoms with Gasteiger partial charge in [-0.1, -0.05) is 0 Å². The predicted octanol–water partition coefficient (Wildman–Crippen LogP) is 0.995. The number of amides is 2. The quantitative estimate of drug-likeness (QED) is 0.694. The van der Waals surface area contributed by atoms with Crippen LogP contribution in [0.4, 0.5) is 9.18 Å². The summed E-state index contributed by atoms with van der Waals surface area (Å²) in [4.78, 5) is 23.3. The largest absolute Gasteiger partial charge is 0.481 e. The Morgan fingerprint density at radius 3 is 2.88 bits per heavy atom.